The number of hydrogen-bond acceptors (Lipinski definition) is 3. The lowest BCUT2D eigenvalue weighted by molar-refractivity contribution is 0.101. The Hall–Kier alpha value is -1.42. The van der Waals surface area contributed by atoms with Crippen molar-refractivity contribution in [2.45, 2.75) is 26.8 Å². The maximum atomic E-state index is 13.3. The van der Waals surface area contributed by atoms with Crippen LogP contribution < -0.4 is 4.90 Å². The van der Waals surface area contributed by atoms with Gasteiger partial charge in [-0.1, -0.05) is 0 Å². The van der Waals surface area contributed by atoms with Gasteiger partial charge in [0.05, 0.1) is 0 Å². The molecule has 1 rings (SSSR count). The highest BCUT2D eigenvalue weighted by Crippen LogP contribution is 2.24. The molecule has 0 saturated carbocycles. The Kier molecular flexibility index (Phi) is 5.48. The Morgan fingerprint density at radius 3 is 2.47 bits per heavy atom. The third kappa shape index (κ3) is 4.03. The van der Waals surface area contributed by atoms with Crippen LogP contribution in [0.5, 0.6) is 0 Å². The highest BCUT2D eigenvalue weighted by atomic mass is 19.1. The third-order valence-corrected chi connectivity index (χ3v) is 3.15. The molecule has 0 aliphatic carbocycles. The predicted octanol–water partition coefficient (Wildman–Crippen LogP) is 2.80. The molecule has 0 spiro atoms. The quantitative estimate of drug-likeness (QED) is 0.740. The van der Waals surface area contributed by atoms with Crippen LogP contribution in [0, 0.1) is 5.82 Å². The maximum Gasteiger partial charge on any atom is 0.161 e. The van der Waals surface area contributed by atoms with Gasteiger partial charge in [-0.3, -0.25) is 4.79 Å². The third-order valence-electron chi connectivity index (χ3n) is 3.15. The summed E-state index contributed by atoms with van der Waals surface area (Å²) in [6.07, 6.45) is 0. The SMILES string of the molecule is CCN(c1ccc(F)cc1C(C)=O)C(C)CN(C)C. The summed E-state index contributed by atoms with van der Waals surface area (Å²) >= 11 is 0. The first-order valence-corrected chi connectivity index (χ1v) is 6.58. The second-order valence-electron chi connectivity index (χ2n) is 5.11. The summed E-state index contributed by atoms with van der Waals surface area (Å²) < 4.78 is 13.3. The lowest BCUT2D eigenvalue weighted by atomic mass is 10.1. The van der Waals surface area contributed by atoms with E-state index < -0.39 is 0 Å². The van der Waals surface area contributed by atoms with Crippen molar-refractivity contribution in [3.63, 3.8) is 0 Å². The average Bonchev–Trinajstić information content (AvgIpc) is 2.30. The van der Waals surface area contributed by atoms with E-state index in [4.69, 9.17) is 0 Å². The first kappa shape index (κ1) is 15.6. The molecule has 0 N–H and O–H groups in total. The molecule has 1 aromatic rings. The molecule has 1 unspecified atom stereocenters. The van der Waals surface area contributed by atoms with Gasteiger partial charge in [-0.2, -0.15) is 0 Å². The van der Waals surface area contributed by atoms with Crippen molar-refractivity contribution in [1.29, 1.82) is 0 Å². The van der Waals surface area contributed by atoms with Gasteiger partial charge >= 0.3 is 0 Å². The van der Waals surface area contributed by atoms with Gasteiger partial charge in [-0.15, -0.1) is 0 Å². The fourth-order valence-corrected chi connectivity index (χ4v) is 2.39. The zero-order valence-corrected chi connectivity index (χ0v) is 12.4. The predicted molar refractivity (Wildman–Crippen MR) is 77.4 cm³/mol. The van der Waals surface area contributed by atoms with Crippen molar-refractivity contribution in [3.8, 4) is 0 Å². The topological polar surface area (TPSA) is 23.6 Å². The van der Waals surface area contributed by atoms with E-state index in [0.29, 0.717) is 5.56 Å². The zero-order chi connectivity index (χ0) is 14.6. The summed E-state index contributed by atoms with van der Waals surface area (Å²) in [7, 11) is 4.03. The molecule has 1 aromatic carbocycles. The molecule has 106 valence electrons. The molecule has 19 heavy (non-hydrogen) atoms. The van der Waals surface area contributed by atoms with Gasteiger partial charge in [0.2, 0.25) is 0 Å². The number of carbonyl (C=O) groups is 1. The molecule has 0 bridgehead atoms. The molecular weight excluding hydrogens is 243 g/mol. The van der Waals surface area contributed by atoms with Crippen LogP contribution in [-0.2, 0) is 0 Å². The monoisotopic (exact) mass is 266 g/mol. The van der Waals surface area contributed by atoms with Crippen LogP contribution in [0.2, 0.25) is 0 Å². The van der Waals surface area contributed by atoms with Crippen LogP contribution in [0.3, 0.4) is 0 Å². The first-order chi connectivity index (χ1) is 8.86. The number of benzene rings is 1. The second kappa shape index (κ2) is 6.66. The Labute approximate surface area is 115 Å². The first-order valence-electron chi connectivity index (χ1n) is 6.58. The fourth-order valence-electron chi connectivity index (χ4n) is 2.39. The molecule has 0 aliphatic rings. The van der Waals surface area contributed by atoms with Crippen molar-refractivity contribution < 1.29 is 9.18 Å². The van der Waals surface area contributed by atoms with Gasteiger partial charge < -0.3 is 9.80 Å². The molecule has 0 fully saturated rings. The van der Waals surface area contributed by atoms with Crippen LogP contribution in [0.1, 0.15) is 31.1 Å². The largest absolute Gasteiger partial charge is 0.367 e. The molecule has 0 heterocycles. The van der Waals surface area contributed by atoms with Crippen LogP contribution in [-0.4, -0.2) is 43.9 Å². The number of carbonyl (C=O) groups excluding carboxylic acids is 1. The number of rotatable bonds is 6. The number of Topliss-reactive ketones (excluding diaryl/α,β-unsaturated/α-hetero) is 1. The minimum atomic E-state index is -0.370. The van der Waals surface area contributed by atoms with Gasteiger partial charge in [-0.25, -0.2) is 4.39 Å². The van der Waals surface area contributed by atoms with Crippen LogP contribution >= 0.6 is 0 Å². The molecule has 3 nitrogen and oxygen atoms in total. The molecule has 1 atom stereocenters. The van der Waals surface area contributed by atoms with Crippen LogP contribution in [0.25, 0.3) is 0 Å². The number of likely N-dealkylation sites (N-methyl/N-ethyl adjacent to an activating group) is 2. The summed E-state index contributed by atoms with van der Waals surface area (Å²) in [4.78, 5) is 15.9. The van der Waals surface area contributed by atoms with Crippen molar-refractivity contribution in [3.05, 3.63) is 29.6 Å². The highest BCUT2D eigenvalue weighted by Gasteiger charge is 2.19. The summed E-state index contributed by atoms with van der Waals surface area (Å²) in [6, 6.07) is 4.68. The van der Waals surface area contributed by atoms with E-state index in [9.17, 15) is 9.18 Å². The van der Waals surface area contributed by atoms with Crippen molar-refractivity contribution >= 4 is 11.5 Å². The minimum absolute atomic E-state index is 0.106. The second-order valence-corrected chi connectivity index (χ2v) is 5.11. The Balaban J connectivity index is 3.14. The van der Waals surface area contributed by atoms with Crippen molar-refractivity contribution in [2.75, 3.05) is 32.1 Å². The van der Waals surface area contributed by atoms with Crippen molar-refractivity contribution in [1.82, 2.24) is 4.90 Å². The van der Waals surface area contributed by atoms with E-state index in [0.717, 1.165) is 18.8 Å². The molecule has 0 radical (unpaired) electrons. The van der Waals surface area contributed by atoms with Gasteiger partial charge in [-0.05, 0) is 53.1 Å². The maximum absolute atomic E-state index is 13.3. The molecule has 4 heteroatoms. The number of nitrogens with zero attached hydrogens (tertiary/aromatic N) is 2. The van der Waals surface area contributed by atoms with Gasteiger partial charge in [0.25, 0.3) is 0 Å². The van der Waals surface area contributed by atoms with E-state index in [1.54, 1.807) is 6.07 Å². The van der Waals surface area contributed by atoms with Crippen LogP contribution in [0.15, 0.2) is 18.2 Å². The number of ketones is 1. The number of anilines is 1. The Morgan fingerprint density at radius 1 is 1.37 bits per heavy atom. The molecule has 0 amide bonds. The minimum Gasteiger partial charge on any atom is -0.367 e. The zero-order valence-electron chi connectivity index (χ0n) is 12.4. The van der Waals surface area contributed by atoms with E-state index in [-0.39, 0.29) is 17.6 Å². The molecular formula is C15H23FN2O. The van der Waals surface area contributed by atoms with Gasteiger partial charge in [0.1, 0.15) is 5.82 Å². The molecule has 0 aliphatic heterocycles. The normalized spacial score (nSPS) is 12.6. The van der Waals surface area contributed by atoms with Crippen LogP contribution in [0.4, 0.5) is 10.1 Å². The highest BCUT2D eigenvalue weighted by molar-refractivity contribution is 5.99. The summed E-state index contributed by atoms with van der Waals surface area (Å²) in [6.45, 7) is 7.28. The smallest absolute Gasteiger partial charge is 0.161 e. The van der Waals surface area contributed by atoms with E-state index in [2.05, 4.69) is 16.7 Å². The summed E-state index contributed by atoms with van der Waals surface area (Å²) in [5.41, 5.74) is 1.26. The molecule has 0 aromatic heterocycles. The summed E-state index contributed by atoms with van der Waals surface area (Å²) in [5, 5.41) is 0. The van der Waals surface area contributed by atoms with E-state index >= 15 is 0 Å². The summed E-state index contributed by atoms with van der Waals surface area (Å²) in [5.74, 6) is -0.477. The Morgan fingerprint density at radius 2 is 2.00 bits per heavy atom. The standard InChI is InChI=1S/C15H23FN2O/c1-6-18(11(2)10-17(4)5)15-8-7-13(16)9-14(15)12(3)19/h7-9,11H,6,10H2,1-5H3. The van der Waals surface area contributed by atoms with Gasteiger partial charge in [0, 0.05) is 30.4 Å². The average molecular weight is 266 g/mol. The number of hydrogen-bond donors (Lipinski definition) is 0. The van der Waals surface area contributed by atoms with Crippen molar-refractivity contribution in [2.24, 2.45) is 0 Å². The van der Waals surface area contributed by atoms with E-state index in [1.165, 1.54) is 19.1 Å². The molecule has 0 saturated heterocycles. The van der Waals surface area contributed by atoms with E-state index in [1.807, 2.05) is 21.0 Å². The lowest BCUT2D eigenvalue weighted by Crippen LogP contribution is -2.40. The fraction of sp³-hybridized carbons (Fsp3) is 0.533. The Bertz CT molecular complexity index is 446. The van der Waals surface area contributed by atoms with Gasteiger partial charge in [0.15, 0.2) is 5.78 Å². The lowest BCUT2D eigenvalue weighted by Gasteiger charge is -2.33. The number of halogens is 1.